The van der Waals surface area contributed by atoms with Crippen molar-refractivity contribution >= 4 is 16.0 Å². The molecule has 0 aromatic heterocycles. The lowest BCUT2D eigenvalue weighted by molar-refractivity contribution is -0.125. The Kier molecular flexibility index (Phi) is 9.73. The molecule has 0 spiro atoms. The average molecular weight is 308 g/mol. The number of ether oxygens (including phenoxy) is 1. The third kappa shape index (κ3) is 13.1. The van der Waals surface area contributed by atoms with Gasteiger partial charge in [-0.1, -0.05) is 5.11 Å². The van der Waals surface area contributed by atoms with Crippen LogP contribution < -0.4 is 5.32 Å². The molecule has 1 N–H and O–H groups in total. The lowest BCUT2D eigenvalue weighted by atomic mass is 10.2. The van der Waals surface area contributed by atoms with Crippen LogP contribution in [0.1, 0.15) is 26.2 Å². The zero-order valence-electron chi connectivity index (χ0n) is 11.6. The van der Waals surface area contributed by atoms with E-state index < -0.39 is 16.3 Å². The summed E-state index contributed by atoms with van der Waals surface area (Å²) >= 11 is 0. The van der Waals surface area contributed by atoms with Crippen molar-refractivity contribution in [3.63, 3.8) is 0 Å². The number of rotatable bonds is 11. The zero-order valence-corrected chi connectivity index (χ0v) is 12.4. The Balaban J connectivity index is 3.61. The van der Waals surface area contributed by atoms with Gasteiger partial charge in [-0.3, -0.25) is 8.98 Å². The Morgan fingerprint density at radius 2 is 2.10 bits per heavy atom. The second-order valence-electron chi connectivity index (χ2n) is 4.02. The number of amides is 1. The maximum atomic E-state index is 11.5. The van der Waals surface area contributed by atoms with Crippen LogP contribution in [0, 0.1) is 0 Å². The van der Waals surface area contributed by atoms with Gasteiger partial charge in [0.15, 0.2) is 0 Å². The first kappa shape index (κ1) is 18.7. The van der Waals surface area contributed by atoms with E-state index in [2.05, 4.69) is 19.5 Å². The molecule has 9 nitrogen and oxygen atoms in total. The van der Waals surface area contributed by atoms with Gasteiger partial charge in [-0.15, -0.1) is 0 Å². The molecular weight excluding hydrogens is 288 g/mol. The fourth-order valence-electron chi connectivity index (χ4n) is 1.26. The normalized spacial score (nSPS) is 12.5. The minimum Gasteiger partial charge on any atom is -0.356 e. The summed E-state index contributed by atoms with van der Waals surface area (Å²) in [6.07, 6.45) is 2.01. The van der Waals surface area contributed by atoms with Gasteiger partial charge < -0.3 is 10.1 Å². The summed E-state index contributed by atoms with van der Waals surface area (Å²) in [6.45, 7) is 1.98. The molecule has 20 heavy (non-hydrogen) atoms. The largest absolute Gasteiger partial charge is 0.356 e. The molecule has 1 amide bonds. The second-order valence-corrected chi connectivity index (χ2v) is 5.66. The summed E-state index contributed by atoms with van der Waals surface area (Å²) in [6, 6.07) is 0. The van der Waals surface area contributed by atoms with E-state index in [1.54, 1.807) is 6.92 Å². The predicted molar refractivity (Wildman–Crippen MR) is 72.2 cm³/mol. The van der Waals surface area contributed by atoms with Crippen LogP contribution in [0.25, 0.3) is 10.4 Å². The summed E-state index contributed by atoms with van der Waals surface area (Å²) in [5.41, 5.74) is 8.06. The van der Waals surface area contributed by atoms with Crippen molar-refractivity contribution in [1.82, 2.24) is 5.32 Å². The molecule has 0 aliphatic rings. The third-order valence-corrected chi connectivity index (χ3v) is 2.68. The van der Waals surface area contributed by atoms with Crippen molar-refractivity contribution in [3.8, 4) is 0 Å². The van der Waals surface area contributed by atoms with Gasteiger partial charge in [0.2, 0.25) is 5.91 Å². The minimum absolute atomic E-state index is 0.0609. The molecule has 0 fully saturated rings. The number of carbonyl (C=O) groups is 1. The number of nitrogens with zero attached hydrogens (tertiary/aromatic N) is 3. The maximum Gasteiger partial charge on any atom is 0.264 e. The van der Waals surface area contributed by atoms with E-state index in [-0.39, 0.29) is 19.1 Å². The first-order chi connectivity index (χ1) is 9.35. The van der Waals surface area contributed by atoms with Crippen LogP contribution in [-0.2, 0) is 23.8 Å². The highest BCUT2D eigenvalue weighted by Gasteiger charge is 2.08. The SMILES string of the molecule is CC(NC(=O)CCCCN=[N+]=[N-])OCCOS(C)(=O)=O. The number of azide groups is 1. The van der Waals surface area contributed by atoms with Crippen molar-refractivity contribution in [1.29, 1.82) is 0 Å². The van der Waals surface area contributed by atoms with E-state index in [1.807, 2.05) is 0 Å². The van der Waals surface area contributed by atoms with Gasteiger partial charge in [-0.05, 0) is 25.3 Å². The van der Waals surface area contributed by atoms with Crippen LogP contribution in [0.5, 0.6) is 0 Å². The van der Waals surface area contributed by atoms with E-state index in [0.29, 0.717) is 25.8 Å². The standard InChI is InChI=1S/C10H20N4O5S/c1-9(18-7-8-19-20(2,16)17)13-10(15)5-3-4-6-12-14-11/h9H,3-8H2,1-2H3,(H,13,15). The minimum atomic E-state index is -3.47. The lowest BCUT2D eigenvalue weighted by Gasteiger charge is -2.14. The number of hydrogen-bond acceptors (Lipinski definition) is 6. The Morgan fingerprint density at radius 3 is 2.70 bits per heavy atom. The highest BCUT2D eigenvalue weighted by Crippen LogP contribution is 1.97. The summed E-state index contributed by atoms with van der Waals surface area (Å²) in [4.78, 5) is 14.1. The molecule has 0 heterocycles. The smallest absolute Gasteiger partial charge is 0.264 e. The molecule has 0 aliphatic heterocycles. The molecule has 0 bridgehead atoms. The molecule has 0 radical (unpaired) electrons. The van der Waals surface area contributed by atoms with Crippen molar-refractivity contribution in [2.75, 3.05) is 26.0 Å². The monoisotopic (exact) mass is 308 g/mol. The van der Waals surface area contributed by atoms with Gasteiger partial charge in [-0.2, -0.15) is 8.42 Å². The Morgan fingerprint density at radius 1 is 1.40 bits per heavy atom. The molecule has 0 aromatic rings. The quantitative estimate of drug-likeness (QED) is 0.151. The predicted octanol–water partition coefficient (Wildman–Crippen LogP) is 0.922. The van der Waals surface area contributed by atoms with Gasteiger partial charge in [0.05, 0.1) is 19.5 Å². The Labute approximate surface area is 118 Å². The average Bonchev–Trinajstić information content (AvgIpc) is 2.33. The third-order valence-electron chi connectivity index (χ3n) is 2.09. The molecule has 0 aromatic carbocycles. The molecule has 1 unspecified atom stereocenters. The summed E-state index contributed by atoms with van der Waals surface area (Å²) < 4.78 is 31.0. The van der Waals surface area contributed by atoms with E-state index in [1.165, 1.54) is 0 Å². The van der Waals surface area contributed by atoms with Gasteiger partial charge in [0, 0.05) is 17.9 Å². The number of unbranched alkanes of at least 4 members (excludes halogenated alkanes) is 1. The van der Waals surface area contributed by atoms with Crippen molar-refractivity contribution in [3.05, 3.63) is 10.4 Å². The summed E-state index contributed by atoms with van der Waals surface area (Å²) in [5, 5.41) is 5.96. The number of nitrogens with one attached hydrogen (secondary N) is 1. The maximum absolute atomic E-state index is 11.5. The topological polar surface area (TPSA) is 130 Å². The Hall–Kier alpha value is -1.35. The van der Waals surface area contributed by atoms with Crippen LogP contribution in [0.3, 0.4) is 0 Å². The van der Waals surface area contributed by atoms with E-state index in [9.17, 15) is 13.2 Å². The zero-order chi connectivity index (χ0) is 15.4. The van der Waals surface area contributed by atoms with E-state index in [0.717, 1.165) is 6.26 Å². The summed E-state index contributed by atoms with van der Waals surface area (Å²) in [7, 11) is -3.47. The number of carbonyl (C=O) groups excluding carboxylic acids is 1. The van der Waals surface area contributed by atoms with Crippen LogP contribution >= 0.6 is 0 Å². The van der Waals surface area contributed by atoms with Crippen LogP contribution in [0.2, 0.25) is 0 Å². The molecule has 116 valence electrons. The lowest BCUT2D eigenvalue weighted by Crippen LogP contribution is -2.35. The molecule has 0 saturated heterocycles. The molecule has 0 aliphatic carbocycles. The van der Waals surface area contributed by atoms with Crippen molar-refractivity contribution in [2.24, 2.45) is 5.11 Å². The van der Waals surface area contributed by atoms with Crippen molar-refractivity contribution in [2.45, 2.75) is 32.4 Å². The van der Waals surface area contributed by atoms with Gasteiger partial charge in [0.1, 0.15) is 6.23 Å². The van der Waals surface area contributed by atoms with E-state index >= 15 is 0 Å². The highest BCUT2D eigenvalue weighted by molar-refractivity contribution is 7.85. The first-order valence-electron chi connectivity index (χ1n) is 6.11. The molecule has 0 rings (SSSR count). The van der Waals surface area contributed by atoms with Gasteiger partial charge in [-0.25, -0.2) is 0 Å². The molecule has 1 atom stereocenters. The molecule has 0 saturated carbocycles. The number of hydrogen-bond donors (Lipinski definition) is 1. The van der Waals surface area contributed by atoms with Gasteiger partial charge >= 0.3 is 0 Å². The van der Waals surface area contributed by atoms with Crippen molar-refractivity contribution < 1.29 is 22.1 Å². The van der Waals surface area contributed by atoms with Crippen LogP contribution in [-0.4, -0.2) is 46.6 Å². The second kappa shape index (κ2) is 10.4. The first-order valence-corrected chi connectivity index (χ1v) is 7.93. The highest BCUT2D eigenvalue weighted by atomic mass is 32.2. The van der Waals surface area contributed by atoms with Crippen LogP contribution in [0.4, 0.5) is 0 Å². The fraction of sp³-hybridized carbons (Fsp3) is 0.900. The molecular formula is C10H20N4O5S. The Bertz CT molecular complexity index is 433. The summed E-state index contributed by atoms with van der Waals surface area (Å²) in [5.74, 6) is -0.178. The molecule has 10 heteroatoms. The van der Waals surface area contributed by atoms with Crippen LogP contribution in [0.15, 0.2) is 5.11 Å². The fourth-order valence-corrected chi connectivity index (χ4v) is 1.63. The van der Waals surface area contributed by atoms with E-state index in [4.69, 9.17) is 10.3 Å². The van der Waals surface area contributed by atoms with Gasteiger partial charge in [0.25, 0.3) is 10.1 Å².